The number of carbonyl (C=O) groups excluding carboxylic acids is 1. The van der Waals surface area contributed by atoms with Crippen LogP contribution in [0.15, 0.2) is 18.2 Å². The highest BCUT2D eigenvalue weighted by Crippen LogP contribution is 2.19. The molecular formula is C10H11IO3. The lowest BCUT2D eigenvalue weighted by atomic mass is 10.2. The number of benzene rings is 1. The summed E-state index contributed by atoms with van der Waals surface area (Å²) in [6.45, 7) is 3.59. The maximum atomic E-state index is 11.5. The number of esters is 1. The molecule has 0 unspecified atom stereocenters. The van der Waals surface area contributed by atoms with Crippen molar-refractivity contribution in [2.45, 2.75) is 20.0 Å². The first-order valence-corrected chi connectivity index (χ1v) is 5.28. The topological polar surface area (TPSA) is 46.5 Å². The number of rotatable bonds is 2. The Balaban J connectivity index is 2.90. The van der Waals surface area contributed by atoms with Crippen molar-refractivity contribution in [1.82, 2.24) is 0 Å². The van der Waals surface area contributed by atoms with Gasteiger partial charge in [0.1, 0.15) is 5.75 Å². The van der Waals surface area contributed by atoms with Gasteiger partial charge < -0.3 is 9.84 Å². The van der Waals surface area contributed by atoms with Crippen LogP contribution in [0.3, 0.4) is 0 Å². The van der Waals surface area contributed by atoms with Gasteiger partial charge in [0.05, 0.1) is 11.7 Å². The summed E-state index contributed by atoms with van der Waals surface area (Å²) in [6.07, 6.45) is -0.132. The average Bonchev–Trinajstić information content (AvgIpc) is 2.01. The van der Waals surface area contributed by atoms with Crippen LogP contribution in [-0.2, 0) is 4.74 Å². The van der Waals surface area contributed by atoms with E-state index in [4.69, 9.17) is 9.84 Å². The normalized spacial score (nSPS) is 10.3. The first kappa shape index (κ1) is 11.3. The molecular weight excluding hydrogens is 295 g/mol. The van der Waals surface area contributed by atoms with E-state index < -0.39 is 0 Å². The third-order valence-corrected chi connectivity index (χ3v) is 2.41. The molecule has 0 aliphatic heterocycles. The number of hydrogen-bond donors (Lipinski definition) is 1. The molecule has 14 heavy (non-hydrogen) atoms. The van der Waals surface area contributed by atoms with Crippen molar-refractivity contribution >= 4 is 28.6 Å². The number of aromatic hydroxyl groups is 1. The van der Waals surface area contributed by atoms with Crippen molar-refractivity contribution in [2.75, 3.05) is 0 Å². The summed E-state index contributed by atoms with van der Waals surface area (Å²) >= 11 is 1.99. The zero-order chi connectivity index (χ0) is 10.7. The summed E-state index contributed by atoms with van der Waals surface area (Å²) in [5.74, 6) is -0.208. The second-order valence-corrected chi connectivity index (χ2v) is 4.28. The minimum absolute atomic E-state index is 0.132. The Labute approximate surface area is 96.2 Å². The quantitative estimate of drug-likeness (QED) is 0.675. The molecule has 1 aromatic carbocycles. The lowest BCUT2D eigenvalue weighted by molar-refractivity contribution is 0.0376. The van der Waals surface area contributed by atoms with E-state index in [0.717, 1.165) is 0 Å². The number of hydrogen-bond acceptors (Lipinski definition) is 3. The summed E-state index contributed by atoms with van der Waals surface area (Å²) < 4.78 is 5.72. The van der Waals surface area contributed by atoms with Gasteiger partial charge in [-0.2, -0.15) is 0 Å². The lowest BCUT2D eigenvalue weighted by Crippen LogP contribution is -2.12. The van der Waals surface area contributed by atoms with E-state index in [1.165, 1.54) is 12.1 Å². The average molecular weight is 306 g/mol. The summed E-state index contributed by atoms with van der Waals surface area (Å²) in [6, 6.07) is 4.55. The molecule has 1 rings (SSSR count). The van der Waals surface area contributed by atoms with Crippen molar-refractivity contribution in [1.29, 1.82) is 0 Å². The van der Waals surface area contributed by atoms with Gasteiger partial charge in [-0.25, -0.2) is 4.79 Å². The Morgan fingerprint density at radius 2 is 2.14 bits per heavy atom. The molecule has 0 radical (unpaired) electrons. The molecule has 0 atom stereocenters. The SMILES string of the molecule is CC(C)OC(=O)c1ccc(O)cc1I. The number of halogens is 1. The second-order valence-electron chi connectivity index (χ2n) is 3.12. The van der Waals surface area contributed by atoms with E-state index in [9.17, 15) is 4.79 Å². The number of carbonyl (C=O) groups is 1. The van der Waals surface area contributed by atoms with Gasteiger partial charge in [-0.05, 0) is 54.6 Å². The van der Waals surface area contributed by atoms with Crippen LogP contribution in [0.25, 0.3) is 0 Å². The van der Waals surface area contributed by atoms with Crippen molar-refractivity contribution in [3.05, 3.63) is 27.3 Å². The Hall–Kier alpha value is -0.780. The molecule has 0 heterocycles. The van der Waals surface area contributed by atoms with Gasteiger partial charge in [-0.15, -0.1) is 0 Å². The van der Waals surface area contributed by atoms with Crippen LogP contribution < -0.4 is 0 Å². The molecule has 1 N–H and O–H groups in total. The van der Waals surface area contributed by atoms with Gasteiger partial charge in [0.25, 0.3) is 0 Å². The van der Waals surface area contributed by atoms with E-state index in [0.29, 0.717) is 9.13 Å². The molecule has 4 heteroatoms. The van der Waals surface area contributed by atoms with Crippen LogP contribution in [0.2, 0.25) is 0 Å². The molecule has 0 bridgehead atoms. The molecule has 0 saturated carbocycles. The summed E-state index contributed by atoms with van der Waals surface area (Å²) in [5.41, 5.74) is 0.483. The highest BCUT2D eigenvalue weighted by Gasteiger charge is 2.12. The first-order valence-electron chi connectivity index (χ1n) is 4.20. The minimum Gasteiger partial charge on any atom is -0.508 e. The van der Waals surface area contributed by atoms with Crippen molar-refractivity contribution in [3.63, 3.8) is 0 Å². The molecule has 0 amide bonds. The first-order chi connectivity index (χ1) is 6.50. The molecule has 0 aromatic heterocycles. The summed E-state index contributed by atoms with van der Waals surface area (Å²) in [5, 5.41) is 9.14. The maximum absolute atomic E-state index is 11.5. The van der Waals surface area contributed by atoms with Crippen molar-refractivity contribution in [3.8, 4) is 5.75 Å². The molecule has 0 saturated heterocycles. The number of phenols is 1. The zero-order valence-corrected chi connectivity index (χ0v) is 10.1. The third kappa shape index (κ3) is 2.87. The Kier molecular flexibility index (Phi) is 3.74. The van der Waals surface area contributed by atoms with Gasteiger partial charge in [0, 0.05) is 3.57 Å². The molecule has 0 aliphatic rings. The van der Waals surface area contributed by atoms with Gasteiger partial charge in [0.2, 0.25) is 0 Å². The van der Waals surface area contributed by atoms with Crippen LogP contribution in [-0.4, -0.2) is 17.2 Å². The molecule has 3 nitrogen and oxygen atoms in total. The maximum Gasteiger partial charge on any atom is 0.339 e. The Morgan fingerprint density at radius 3 is 2.64 bits per heavy atom. The van der Waals surface area contributed by atoms with Crippen LogP contribution in [0.1, 0.15) is 24.2 Å². The Bertz CT molecular complexity index is 347. The molecule has 76 valence electrons. The minimum atomic E-state index is -0.357. The number of ether oxygens (including phenoxy) is 1. The standard InChI is InChI=1S/C10H11IO3/c1-6(2)14-10(13)8-4-3-7(12)5-9(8)11/h3-6,12H,1-2H3. The highest BCUT2D eigenvalue weighted by atomic mass is 127. The molecule has 0 fully saturated rings. The van der Waals surface area contributed by atoms with Gasteiger partial charge >= 0.3 is 5.97 Å². The van der Waals surface area contributed by atoms with E-state index in [1.807, 2.05) is 22.6 Å². The fraction of sp³-hybridized carbons (Fsp3) is 0.300. The van der Waals surface area contributed by atoms with E-state index in [2.05, 4.69) is 0 Å². The van der Waals surface area contributed by atoms with E-state index >= 15 is 0 Å². The molecule has 1 aromatic rings. The second kappa shape index (κ2) is 4.63. The van der Waals surface area contributed by atoms with Gasteiger partial charge in [-0.1, -0.05) is 0 Å². The van der Waals surface area contributed by atoms with Crippen molar-refractivity contribution in [2.24, 2.45) is 0 Å². The van der Waals surface area contributed by atoms with Crippen LogP contribution >= 0.6 is 22.6 Å². The van der Waals surface area contributed by atoms with Crippen molar-refractivity contribution < 1.29 is 14.6 Å². The predicted molar refractivity (Wildman–Crippen MR) is 61.4 cm³/mol. The van der Waals surface area contributed by atoms with E-state index in [1.54, 1.807) is 19.9 Å². The largest absolute Gasteiger partial charge is 0.508 e. The van der Waals surface area contributed by atoms with Crippen LogP contribution in [0.5, 0.6) is 5.75 Å². The Morgan fingerprint density at radius 1 is 1.50 bits per heavy atom. The van der Waals surface area contributed by atoms with E-state index in [-0.39, 0.29) is 17.8 Å². The van der Waals surface area contributed by atoms with Crippen LogP contribution in [0.4, 0.5) is 0 Å². The molecule has 0 aliphatic carbocycles. The summed E-state index contributed by atoms with van der Waals surface area (Å²) in [4.78, 5) is 11.5. The fourth-order valence-corrected chi connectivity index (χ4v) is 1.67. The molecule has 0 spiro atoms. The fourth-order valence-electron chi connectivity index (χ4n) is 0.947. The van der Waals surface area contributed by atoms with Gasteiger partial charge in [0.15, 0.2) is 0 Å². The van der Waals surface area contributed by atoms with Crippen LogP contribution in [0, 0.1) is 3.57 Å². The highest BCUT2D eigenvalue weighted by molar-refractivity contribution is 14.1. The third-order valence-electron chi connectivity index (χ3n) is 1.52. The predicted octanol–water partition coefficient (Wildman–Crippen LogP) is 2.56. The number of phenolic OH excluding ortho intramolecular Hbond substituents is 1. The smallest absolute Gasteiger partial charge is 0.339 e. The lowest BCUT2D eigenvalue weighted by Gasteiger charge is -2.08. The monoisotopic (exact) mass is 306 g/mol. The van der Waals surface area contributed by atoms with Gasteiger partial charge in [-0.3, -0.25) is 0 Å². The summed E-state index contributed by atoms with van der Waals surface area (Å²) in [7, 11) is 0. The zero-order valence-electron chi connectivity index (χ0n) is 7.95.